The van der Waals surface area contributed by atoms with Crippen LogP contribution in [0.4, 0.5) is 0 Å². The van der Waals surface area contributed by atoms with E-state index in [2.05, 4.69) is 43.4 Å². The maximum absolute atomic E-state index is 5.52. The van der Waals surface area contributed by atoms with Crippen molar-refractivity contribution in [1.29, 1.82) is 0 Å². The lowest BCUT2D eigenvalue weighted by Crippen LogP contribution is -2.62. The van der Waals surface area contributed by atoms with Gasteiger partial charge in [-0.1, -0.05) is 38.1 Å². The fourth-order valence-corrected chi connectivity index (χ4v) is 3.02. The third-order valence-electron chi connectivity index (χ3n) is 4.95. The van der Waals surface area contributed by atoms with Crippen LogP contribution in [0.25, 0.3) is 0 Å². The molecule has 0 aromatic heterocycles. The molecular weight excluding hydrogens is 222 g/mol. The van der Waals surface area contributed by atoms with E-state index in [1.54, 1.807) is 0 Å². The van der Waals surface area contributed by atoms with Gasteiger partial charge in [0.1, 0.15) is 0 Å². The molecular formula is C16H23NO. The number of nitrogens with one attached hydrogen (secondary N) is 1. The number of benzene rings is 1. The molecule has 1 aromatic carbocycles. The van der Waals surface area contributed by atoms with E-state index < -0.39 is 0 Å². The maximum Gasteiger partial charge on any atom is 0.0589 e. The predicted octanol–water partition coefficient (Wildman–Crippen LogP) is 2.69. The molecule has 2 saturated heterocycles. The van der Waals surface area contributed by atoms with Crippen molar-refractivity contribution in [2.75, 3.05) is 26.3 Å². The quantitative estimate of drug-likeness (QED) is 0.880. The zero-order chi connectivity index (χ0) is 12.6. The van der Waals surface area contributed by atoms with Crippen molar-refractivity contribution in [1.82, 2.24) is 5.32 Å². The Bertz CT molecular complexity index is 404. The molecule has 98 valence electrons. The van der Waals surface area contributed by atoms with Gasteiger partial charge < -0.3 is 10.1 Å². The summed E-state index contributed by atoms with van der Waals surface area (Å²) >= 11 is 0. The first-order valence-electron chi connectivity index (χ1n) is 7.15. The molecule has 1 atom stereocenters. The molecule has 1 N–H and O–H groups in total. The molecule has 0 spiro atoms. The lowest BCUT2D eigenvalue weighted by Gasteiger charge is -2.51. The second-order valence-corrected chi connectivity index (χ2v) is 5.94. The van der Waals surface area contributed by atoms with Crippen molar-refractivity contribution in [3.05, 3.63) is 35.4 Å². The molecule has 1 unspecified atom stereocenters. The summed E-state index contributed by atoms with van der Waals surface area (Å²) in [5.41, 5.74) is 3.25. The summed E-state index contributed by atoms with van der Waals surface area (Å²) in [6, 6.07) is 9.30. The van der Waals surface area contributed by atoms with Gasteiger partial charge in [-0.15, -0.1) is 0 Å². The highest BCUT2D eigenvalue weighted by atomic mass is 16.5. The van der Waals surface area contributed by atoms with Crippen molar-refractivity contribution in [2.24, 2.45) is 5.92 Å². The largest absolute Gasteiger partial charge is 0.379 e. The lowest BCUT2D eigenvalue weighted by atomic mass is 9.66. The summed E-state index contributed by atoms with van der Waals surface area (Å²) in [6.45, 7) is 8.66. The highest BCUT2D eigenvalue weighted by Gasteiger charge is 2.49. The van der Waals surface area contributed by atoms with Gasteiger partial charge in [-0.05, 0) is 29.4 Å². The Balaban J connectivity index is 1.83. The average molecular weight is 245 g/mol. The van der Waals surface area contributed by atoms with E-state index >= 15 is 0 Å². The lowest BCUT2D eigenvalue weighted by molar-refractivity contribution is -0.101. The van der Waals surface area contributed by atoms with Crippen molar-refractivity contribution in [3.8, 4) is 0 Å². The predicted molar refractivity (Wildman–Crippen MR) is 74.0 cm³/mol. The minimum absolute atomic E-state index is 0.305. The Labute approximate surface area is 110 Å². The SMILES string of the molecule is CCC(C)c1ccc(C2(C3CNC3)COC2)cc1. The fourth-order valence-electron chi connectivity index (χ4n) is 3.02. The first-order valence-corrected chi connectivity index (χ1v) is 7.15. The average Bonchev–Trinajstić information content (AvgIpc) is 2.30. The van der Waals surface area contributed by atoms with Gasteiger partial charge in [-0.25, -0.2) is 0 Å². The van der Waals surface area contributed by atoms with Crippen LogP contribution in [0.1, 0.15) is 37.3 Å². The zero-order valence-electron chi connectivity index (χ0n) is 11.4. The van der Waals surface area contributed by atoms with Gasteiger partial charge in [0.05, 0.1) is 13.2 Å². The molecule has 0 aliphatic carbocycles. The van der Waals surface area contributed by atoms with Crippen LogP contribution in [0.15, 0.2) is 24.3 Å². The summed E-state index contributed by atoms with van der Waals surface area (Å²) < 4.78 is 5.52. The van der Waals surface area contributed by atoms with Gasteiger partial charge in [0.25, 0.3) is 0 Å². The monoisotopic (exact) mass is 245 g/mol. The van der Waals surface area contributed by atoms with E-state index in [0.717, 1.165) is 32.2 Å². The third-order valence-corrected chi connectivity index (χ3v) is 4.95. The molecule has 0 saturated carbocycles. The number of hydrogen-bond donors (Lipinski definition) is 1. The molecule has 2 heteroatoms. The van der Waals surface area contributed by atoms with E-state index in [-0.39, 0.29) is 0 Å². The first-order chi connectivity index (χ1) is 8.76. The van der Waals surface area contributed by atoms with E-state index in [0.29, 0.717) is 11.3 Å². The zero-order valence-corrected chi connectivity index (χ0v) is 11.4. The third kappa shape index (κ3) is 1.79. The molecule has 2 heterocycles. The highest BCUT2D eigenvalue weighted by Crippen LogP contribution is 2.41. The van der Waals surface area contributed by atoms with Crippen molar-refractivity contribution in [3.63, 3.8) is 0 Å². The summed E-state index contributed by atoms with van der Waals surface area (Å²) in [5.74, 6) is 1.43. The smallest absolute Gasteiger partial charge is 0.0589 e. The van der Waals surface area contributed by atoms with Crippen molar-refractivity contribution >= 4 is 0 Å². The number of hydrogen-bond acceptors (Lipinski definition) is 2. The van der Waals surface area contributed by atoms with Crippen LogP contribution in [0.3, 0.4) is 0 Å². The first kappa shape index (κ1) is 12.2. The number of rotatable bonds is 4. The molecule has 2 aliphatic rings. The molecule has 3 rings (SSSR count). The van der Waals surface area contributed by atoms with Gasteiger partial charge >= 0.3 is 0 Å². The Morgan fingerprint density at radius 2 is 1.94 bits per heavy atom. The van der Waals surface area contributed by atoms with Crippen LogP contribution in [-0.2, 0) is 10.2 Å². The summed E-state index contributed by atoms with van der Waals surface area (Å²) in [4.78, 5) is 0. The maximum atomic E-state index is 5.52. The molecule has 0 amide bonds. The fraction of sp³-hybridized carbons (Fsp3) is 0.625. The number of ether oxygens (including phenoxy) is 1. The van der Waals surface area contributed by atoms with Crippen molar-refractivity contribution in [2.45, 2.75) is 31.6 Å². The minimum atomic E-state index is 0.305. The van der Waals surface area contributed by atoms with E-state index in [9.17, 15) is 0 Å². The topological polar surface area (TPSA) is 21.3 Å². The summed E-state index contributed by atoms with van der Waals surface area (Å²) in [6.07, 6.45) is 1.21. The second-order valence-electron chi connectivity index (χ2n) is 5.94. The van der Waals surface area contributed by atoms with Crippen LogP contribution >= 0.6 is 0 Å². The molecule has 2 fully saturated rings. The van der Waals surface area contributed by atoms with Gasteiger partial charge in [0, 0.05) is 18.5 Å². The molecule has 0 bridgehead atoms. The normalized spacial score (nSPS) is 24.1. The van der Waals surface area contributed by atoms with Gasteiger partial charge in [-0.2, -0.15) is 0 Å². The molecule has 1 aromatic rings. The molecule has 18 heavy (non-hydrogen) atoms. The van der Waals surface area contributed by atoms with Crippen molar-refractivity contribution < 1.29 is 4.74 Å². The standard InChI is InChI=1S/C16H23NO/c1-3-12(2)13-4-6-14(7-5-13)16(10-18-11-16)15-8-17-9-15/h4-7,12,15,17H,3,8-11H2,1-2H3. The second kappa shape index (κ2) is 4.67. The Kier molecular flexibility index (Phi) is 3.16. The van der Waals surface area contributed by atoms with E-state index in [4.69, 9.17) is 4.74 Å². The van der Waals surface area contributed by atoms with Crippen LogP contribution < -0.4 is 5.32 Å². The van der Waals surface area contributed by atoms with E-state index in [1.165, 1.54) is 17.5 Å². The Morgan fingerprint density at radius 3 is 2.33 bits per heavy atom. The molecule has 2 nitrogen and oxygen atoms in total. The van der Waals surface area contributed by atoms with E-state index in [1.807, 2.05) is 0 Å². The van der Waals surface area contributed by atoms with Gasteiger partial charge in [0.15, 0.2) is 0 Å². The summed E-state index contributed by atoms with van der Waals surface area (Å²) in [7, 11) is 0. The van der Waals surface area contributed by atoms with Crippen LogP contribution in [0.2, 0.25) is 0 Å². The van der Waals surface area contributed by atoms with Gasteiger partial charge in [-0.3, -0.25) is 0 Å². The minimum Gasteiger partial charge on any atom is -0.379 e. The molecule has 0 radical (unpaired) electrons. The summed E-state index contributed by atoms with van der Waals surface area (Å²) in [5, 5.41) is 3.39. The Hall–Kier alpha value is -0.860. The van der Waals surface area contributed by atoms with Crippen LogP contribution in [0, 0.1) is 5.92 Å². The Morgan fingerprint density at radius 1 is 1.28 bits per heavy atom. The highest BCUT2D eigenvalue weighted by molar-refractivity contribution is 5.34. The van der Waals surface area contributed by atoms with Gasteiger partial charge in [0.2, 0.25) is 0 Å². The molecule has 2 aliphatic heterocycles. The van der Waals surface area contributed by atoms with Crippen LogP contribution in [-0.4, -0.2) is 26.3 Å². The van der Waals surface area contributed by atoms with Crippen LogP contribution in [0.5, 0.6) is 0 Å².